The number of halogens is 1. The standard InChI is InChI=1S/C23H23FN2O3S/c1-17-8-10-19(11-9-17)18(2)25-23(27)16-26(21-14-12-20(24)13-15-21)30(28,29)22-6-4-3-5-7-22/h3-15,18H,16H2,1-2H3,(H,25,27)/t18-/m0/s1. The topological polar surface area (TPSA) is 66.5 Å². The van der Waals surface area contributed by atoms with E-state index in [1.54, 1.807) is 18.2 Å². The average molecular weight is 427 g/mol. The van der Waals surface area contributed by atoms with Gasteiger partial charge >= 0.3 is 0 Å². The molecule has 1 N–H and O–H groups in total. The maximum Gasteiger partial charge on any atom is 0.264 e. The van der Waals surface area contributed by atoms with Gasteiger partial charge in [0.05, 0.1) is 16.6 Å². The first-order valence-corrected chi connectivity index (χ1v) is 10.9. The third-order valence-corrected chi connectivity index (χ3v) is 6.48. The van der Waals surface area contributed by atoms with Crippen LogP contribution in [0.25, 0.3) is 0 Å². The van der Waals surface area contributed by atoms with Crippen LogP contribution in [0.4, 0.5) is 10.1 Å². The highest BCUT2D eigenvalue weighted by Gasteiger charge is 2.27. The fourth-order valence-electron chi connectivity index (χ4n) is 3.00. The number of carbonyl (C=O) groups is 1. The van der Waals surface area contributed by atoms with Gasteiger partial charge in [-0.25, -0.2) is 12.8 Å². The quantitative estimate of drug-likeness (QED) is 0.616. The highest BCUT2D eigenvalue weighted by atomic mass is 32.2. The van der Waals surface area contributed by atoms with Gasteiger partial charge in [-0.2, -0.15) is 0 Å². The summed E-state index contributed by atoms with van der Waals surface area (Å²) in [5.74, 6) is -0.958. The fourth-order valence-corrected chi connectivity index (χ4v) is 4.44. The van der Waals surface area contributed by atoms with Crippen molar-refractivity contribution in [2.75, 3.05) is 10.8 Å². The third-order valence-electron chi connectivity index (χ3n) is 4.69. The van der Waals surface area contributed by atoms with E-state index in [-0.39, 0.29) is 16.6 Å². The van der Waals surface area contributed by atoms with Crippen molar-refractivity contribution in [1.29, 1.82) is 0 Å². The van der Waals surface area contributed by atoms with Crippen molar-refractivity contribution in [3.05, 3.63) is 95.8 Å². The van der Waals surface area contributed by atoms with Gasteiger partial charge in [-0.3, -0.25) is 9.10 Å². The van der Waals surface area contributed by atoms with Gasteiger partial charge in [0.15, 0.2) is 0 Å². The molecule has 0 saturated carbocycles. The van der Waals surface area contributed by atoms with E-state index >= 15 is 0 Å². The van der Waals surface area contributed by atoms with Crippen molar-refractivity contribution in [3.8, 4) is 0 Å². The minimum absolute atomic E-state index is 0.0497. The first-order valence-electron chi connectivity index (χ1n) is 9.46. The number of aryl methyl sites for hydroxylation is 1. The lowest BCUT2D eigenvalue weighted by Crippen LogP contribution is -2.41. The Labute approximate surface area is 176 Å². The van der Waals surface area contributed by atoms with Crippen LogP contribution in [0.15, 0.2) is 83.8 Å². The molecule has 0 aliphatic rings. The van der Waals surface area contributed by atoms with Crippen molar-refractivity contribution < 1.29 is 17.6 Å². The number of anilines is 1. The van der Waals surface area contributed by atoms with Crippen LogP contribution in [0.3, 0.4) is 0 Å². The molecule has 5 nitrogen and oxygen atoms in total. The van der Waals surface area contributed by atoms with Gasteiger partial charge < -0.3 is 5.32 Å². The van der Waals surface area contributed by atoms with Gasteiger partial charge in [-0.15, -0.1) is 0 Å². The Kier molecular flexibility index (Phi) is 6.52. The minimum Gasteiger partial charge on any atom is -0.348 e. The van der Waals surface area contributed by atoms with Crippen molar-refractivity contribution in [2.24, 2.45) is 0 Å². The Morgan fingerprint density at radius 1 is 0.967 bits per heavy atom. The molecule has 7 heteroatoms. The first-order chi connectivity index (χ1) is 14.3. The van der Waals surface area contributed by atoms with Gasteiger partial charge in [0.25, 0.3) is 10.0 Å². The summed E-state index contributed by atoms with van der Waals surface area (Å²) >= 11 is 0. The summed E-state index contributed by atoms with van der Waals surface area (Å²) in [6.07, 6.45) is 0. The largest absolute Gasteiger partial charge is 0.348 e. The monoisotopic (exact) mass is 426 g/mol. The van der Waals surface area contributed by atoms with E-state index in [2.05, 4.69) is 5.32 Å². The van der Waals surface area contributed by atoms with Gasteiger partial charge in [-0.05, 0) is 55.8 Å². The summed E-state index contributed by atoms with van der Waals surface area (Å²) in [5, 5.41) is 2.83. The maximum absolute atomic E-state index is 13.4. The van der Waals surface area contributed by atoms with Crippen LogP contribution in [0, 0.1) is 12.7 Å². The fraction of sp³-hybridized carbons (Fsp3) is 0.174. The predicted octanol–water partition coefficient (Wildman–Crippen LogP) is 4.21. The predicted molar refractivity (Wildman–Crippen MR) is 115 cm³/mol. The van der Waals surface area contributed by atoms with Crippen molar-refractivity contribution in [3.63, 3.8) is 0 Å². The molecular formula is C23H23FN2O3S. The normalized spacial score (nSPS) is 12.2. The van der Waals surface area contributed by atoms with Crippen molar-refractivity contribution in [2.45, 2.75) is 24.8 Å². The third kappa shape index (κ3) is 5.04. The molecule has 0 saturated heterocycles. The molecule has 0 aliphatic carbocycles. The number of rotatable bonds is 7. The molecule has 0 spiro atoms. The number of benzene rings is 3. The second kappa shape index (κ2) is 9.09. The second-order valence-electron chi connectivity index (χ2n) is 7.00. The molecule has 0 bridgehead atoms. The molecule has 1 atom stereocenters. The van der Waals surface area contributed by atoms with E-state index in [0.29, 0.717) is 0 Å². The molecule has 0 fully saturated rings. The molecular weight excluding hydrogens is 403 g/mol. The highest BCUT2D eigenvalue weighted by Crippen LogP contribution is 2.24. The number of nitrogens with zero attached hydrogens (tertiary/aromatic N) is 1. The highest BCUT2D eigenvalue weighted by molar-refractivity contribution is 7.92. The number of carbonyl (C=O) groups excluding carboxylic acids is 1. The van der Waals surface area contributed by atoms with Crippen LogP contribution in [0.2, 0.25) is 0 Å². The molecule has 3 rings (SSSR count). The summed E-state index contributed by atoms with van der Waals surface area (Å²) < 4.78 is 40.8. The molecule has 1 amide bonds. The van der Waals surface area contributed by atoms with Crippen LogP contribution in [0.5, 0.6) is 0 Å². The van der Waals surface area contributed by atoms with Crippen molar-refractivity contribution >= 4 is 21.6 Å². The molecule has 156 valence electrons. The Balaban J connectivity index is 1.86. The maximum atomic E-state index is 13.4. The summed E-state index contributed by atoms with van der Waals surface area (Å²) in [6, 6.07) is 20.3. The summed E-state index contributed by atoms with van der Waals surface area (Å²) in [7, 11) is -4.02. The number of amides is 1. The Morgan fingerprint density at radius 3 is 2.17 bits per heavy atom. The first kappa shape index (κ1) is 21.5. The lowest BCUT2D eigenvalue weighted by atomic mass is 10.1. The number of nitrogens with one attached hydrogen (secondary N) is 1. The van der Waals surface area contributed by atoms with E-state index < -0.39 is 28.3 Å². The molecule has 0 heterocycles. The molecule has 0 unspecified atom stereocenters. The number of hydrogen-bond acceptors (Lipinski definition) is 3. The number of hydrogen-bond donors (Lipinski definition) is 1. The molecule has 0 aromatic heterocycles. The van der Waals surface area contributed by atoms with Gasteiger partial charge in [0.2, 0.25) is 5.91 Å². The SMILES string of the molecule is Cc1ccc([C@H](C)NC(=O)CN(c2ccc(F)cc2)S(=O)(=O)c2ccccc2)cc1. The van der Waals surface area contributed by atoms with E-state index in [9.17, 15) is 17.6 Å². The van der Waals surface area contributed by atoms with Gasteiger partial charge in [0, 0.05) is 0 Å². The molecule has 3 aromatic rings. The van der Waals surface area contributed by atoms with Crippen LogP contribution < -0.4 is 9.62 Å². The second-order valence-corrected chi connectivity index (χ2v) is 8.86. The van der Waals surface area contributed by atoms with E-state index in [4.69, 9.17) is 0 Å². The zero-order valence-corrected chi connectivity index (χ0v) is 17.6. The Hall–Kier alpha value is -3.19. The molecule has 30 heavy (non-hydrogen) atoms. The Bertz CT molecular complexity index is 1100. The van der Waals surface area contributed by atoms with E-state index in [1.807, 2.05) is 38.1 Å². The van der Waals surface area contributed by atoms with E-state index in [0.717, 1.165) is 27.6 Å². The average Bonchev–Trinajstić information content (AvgIpc) is 2.74. The van der Waals surface area contributed by atoms with Gasteiger partial charge in [-0.1, -0.05) is 48.0 Å². The smallest absolute Gasteiger partial charge is 0.264 e. The summed E-state index contributed by atoms with van der Waals surface area (Å²) in [6.45, 7) is 3.37. The van der Waals surface area contributed by atoms with Crippen LogP contribution >= 0.6 is 0 Å². The van der Waals surface area contributed by atoms with Crippen LogP contribution in [-0.2, 0) is 14.8 Å². The van der Waals surface area contributed by atoms with Crippen molar-refractivity contribution in [1.82, 2.24) is 5.32 Å². The van der Waals surface area contributed by atoms with Crippen LogP contribution in [-0.4, -0.2) is 20.9 Å². The van der Waals surface area contributed by atoms with Crippen LogP contribution in [0.1, 0.15) is 24.1 Å². The summed E-state index contributed by atoms with van der Waals surface area (Å²) in [4.78, 5) is 12.8. The summed E-state index contributed by atoms with van der Waals surface area (Å²) in [5.41, 5.74) is 2.22. The number of sulfonamides is 1. The lowest BCUT2D eigenvalue weighted by molar-refractivity contribution is -0.120. The minimum atomic E-state index is -4.02. The molecule has 0 aliphatic heterocycles. The lowest BCUT2D eigenvalue weighted by Gasteiger charge is -2.25. The molecule has 0 radical (unpaired) electrons. The Morgan fingerprint density at radius 2 is 1.57 bits per heavy atom. The van der Waals surface area contributed by atoms with E-state index in [1.165, 1.54) is 24.3 Å². The zero-order chi connectivity index (χ0) is 21.7. The van der Waals surface area contributed by atoms with Gasteiger partial charge in [0.1, 0.15) is 12.4 Å². The zero-order valence-electron chi connectivity index (χ0n) is 16.7. The molecule has 3 aromatic carbocycles.